The van der Waals surface area contributed by atoms with Crippen molar-refractivity contribution in [2.24, 2.45) is 0 Å². The lowest BCUT2D eigenvalue weighted by atomic mass is 9.91. The molecule has 6 heteroatoms. The number of rotatable bonds is 4. The van der Waals surface area contributed by atoms with Crippen molar-refractivity contribution in [1.29, 1.82) is 0 Å². The number of morpholine rings is 1. The summed E-state index contributed by atoms with van der Waals surface area (Å²) in [6.45, 7) is 10.7. The van der Waals surface area contributed by atoms with Crippen LogP contribution in [0.5, 0.6) is 0 Å². The molecule has 2 saturated heterocycles. The normalized spacial score (nSPS) is 26.7. The molecule has 2 fully saturated rings. The van der Waals surface area contributed by atoms with Crippen molar-refractivity contribution < 1.29 is 9.53 Å². The Kier molecular flexibility index (Phi) is 5.69. The molecule has 2 aliphatic heterocycles. The second kappa shape index (κ2) is 8.21. The van der Waals surface area contributed by atoms with Crippen LogP contribution < -0.4 is 0 Å². The Bertz CT molecular complexity index is 823. The van der Waals surface area contributed by atoms with Crippen LogP contribution in [0.2, 0.25) is 0 Å². The Morgan fingerprint density at radius 3 is 2.82 bits per heavy atom. The average Bonchev–Trinajstić information content (AvgIpc) is 3.05. The first-order chi connectivity index (χ1) is 13.5. The molecule has 2 aliphatic rings. The van der Waals surface area contributed by atoms with E-state index in [1.807, 2.05) is 24.1 Å². The molecule has 0 aromatic carbocycles. The van der Waals surface area contributed by atoms with Crippen molar-refractivity contribution in [2.75, 3.05) is 26.2 Å². The van der Waals surface area contributed by atoms with Crippen molar-refractivity contribution >= 4 is 16.9 Å². The molecule has 6 nitrogen and oxygen atoms in total. The number of amides is 1. The monoisotopic (exact) mass is 384 g/mol. The number of carbonyl (C=O) groups is 1. The van der Waals surface area contributed by atoms with E-state index < -0.39 is 0 Å². The van der Waals surface area contributed by atoms with Crippen LogP contribution in [-0.2, 0) is 16.1 Å². The number of nitrogens with zero attached hydrogens (tertiary/aromatic N) is 3. The van der Waals surface area contributed by atoms with E-state index in [2.05, 4.69) is 34.8 Å². The third kappa shape index (κ3) is 3.94. The summed E-state index contributed by atoms with van der Waals surface area (Å²) in [6, 6.07) is 4.19. The van der Waals surface area contributed by atoms with Crippen molar-refractivity contribution in [3.8, 4) is 0 Å². The first-order valence-corrected chi connectivity index (χ1v) is 10.7. The number of likely N-dealkylation sites (tertiary alicyclic amines) is 1. The second-order valence-electron chi connectivity index (χ2n) is 8.40. The number of hydrogen-bond acceptors (Lipinski definition) is 4. The Labute approximate surface area is 167 Å². The number of ether oxygens (including phenoxy) is 1. The molecule has 0 unspecified atom stereocenters. The number of aromatic nitrogens is 2. The van der Waals surface area contributed by atoms with Crippen LogP contribution in [0.25, 0.3) is 11.0 Å². The Morgan fingerprint density at radius 2 is 2.07 bits per heavy atom. The molecule has 0 spiro atoms. The second-order valence-corrected chi connectivity index (χ2v) is 8.40. The van der Waals surface area contributed by atoms with E-state index in [1.165, 1.54) is 16.6 Å². The van der Waals surface area contributed by atoms with Crippen LogP contribution >= 0.6 is 0 Å². The van der Waals surface area contributed by atoms with Gasteiger partial charge in [-0.2, -0.15) is 0 Å². The van der Waals surface area contributed by atoms with Gasteiger partial charge in [-0.05, 0) is 44.4 Å². The first-order valence-electron chi connectivity index (χ1n) is 10.7. The lowest BCUT2D eigenvalue weighted by Crippen LogP contribution is -2.45. The van der Waals surface area contributed by atoms with Crippen LogP contribution in [0.3, 0.4) is 0 Å². The van der Waals surface area contributed by atoms with Gasteiger partial charge in [0.25, 0.3) is 0 Å². The number of pyridine rings is 1. The molecule has 28 heavy (non-hydrogen) atoms. The largest absolute Gasteiger partial charge is 0.373 e. The van der Waals surface area contributed by atoms with Crippen LogP contribution in [0, 0.1) is 0 Å². The van der Waals surface area contributed by atoms with Gasteiger partial charge in [0.05, 0.1) is 12.2 Å². The van der Waals surface area contributed by atoms with Gasteiger partial charge < -0.3 is 14.6 Å². The Morgan fingerprint density at radius 1 is 1.29 bits per heavy atom. The Balaban J connectivity index is 1.64. The number of H-pyrrole nitrogens is 1. The van der Waals surface area contributed by atoms with Crippen LogP contribution in [0.4, 0.5) is 0 Å². The van der Waals surface area contributed by atoms with Crippen LogP contribution in [0.15, 0.2) is 18.3 Å². The highest BCUT2D eigenvalue weighted by molar-refractivity contribution is 5.81. The molecule has 4 heterocycles. The summed E-state index contributed by atoms with van der Waals surface area (Å²) in [7, 11) is 0. The lowest BCUT2D eigenvalue weighted by Gasteiger charge is -2.36. The van der Waals surface area contributed by atoms with Gasteiger partial charge in [0.2, 0.25) is 5.91 Å². The summed E-state index contributed by atoms with van der Waals surface area (Å²) in [4.78, 5) is 25.0. The zero-order valence-corrected chi connectivity index (χ0v) is 17.3. The minimum absolute atomic E-state index is 0.253. The minimum atomic E-state index is 0.253. The highest BCUT2D eigenvalue weighted by Gasteiger charge is 2.30. The van der Waals surface area contributed by atoms with Gasteiger partial charge in [-0.3, -0.25) is 9.69 Å². The zero-order chi connectivity index (χ0) is 19.7. The lowest BCUT2D eigenvalue weighted by molar-refractivity contribution is -0.132. The van der Waals surface area contributed by atoms with E-state index in [-0.39, 0.29) is 18.1 Å². The molecule has 2 aromatic heterocycles. The molecule has 0 saturated carbocycles. The van der Waals surface area contributed by atoms with Gasteiger partial charge in [0.1, 0.15) is 5.65 Å². The van der Waals surface area contributed by atoms with E-state index >= 15 is 0 Å². The van der Waals surface area contributed by atoms with Gasteiger partial charge >= 0.3 is 0 Å². The molecule has 2 aromatic rings. The van der Waals surface area contributed by atoms with Crippen molar-refractivity contribution in [3.63, 3.8) is 0 Å². The van der Waals surface area contributed by atoms with E-state index in [4.69, 9.17) is 4.74 Å². The predicted octanol–water partition coefficient (Wildman–Crippen LogP) is 3.29. The topological polar surface area (TPSA) is 61.5 Å². The van der Waals surface area contributed by atoms with Gasteiger partial charge in [0.15, 0.2) is 0 Å². The number of aromatic amines is 1. The summed E-state index contributed by atoms with van der Waals surface area (Å²) in [6.07, 6.45) is 5.11. The fraction of sp³-hybridized carbons (Fsp3) is 0.636. The molecule has 0 radical (unpaired) electrons. The zero-order valence-electron chi connectivity index (χ0n) is 17.3. The van der Waals surface area contributed by atoms with Crippen molar-refractivity contribution in [1.82, 2.24) is 19.8 Å². The third-order valence-corrected chi connectivity index (χ3v) is 6.07. The predicted molar refractivity (Wildman–Crippen MR) is 110 cm³/mol. The van der Waals surface area contributed by atoms with Crippen LogP contribution in [-0.4, -0.2) is 64.1 Å². The van der Waals surface area contributed by atoms with Crippen molar-refractivity contribution in [2.45, 2.75) is 64.7 Å². The fourth-order valence-corrected chi connectivity index (χ4v) is 4.92. The van der Waals surface area contributed by atoms with Crippen molar-refractivity contribution in [3.05, 3.63) is 29.6 Å². The van der Waals surface area contributed by atoms with E-state index in [9.17, 15) is 4.79 Å². The average molecular weight is 385 g/mol. The highest BCUT2D eigenvalue weighted by Crippen LogP contribution is 2.34. The van der Waals surface area contributed by atoms with Gasteiger partial charge in [0, 0.05) is 62.3 Å². The maximum Gasteiger partial charge on any atom is 0.222 e. The molecule has 0 aliphatic carbocycles. The molecule has 0 bridgehead atoms. The van der Waals surface area contributed by atoms with Gasteiger partial charge in [-0.15, -0.1) is 0 Å². The van der Waals surface area contributed by atoms with E-state index in [0.29, 0.717) is 12.3 Å². The Hall–Kier alpha value is -1.92. The fourth-order valence-electron chi connectivity index (χ4n) is 4.92. The molecule has 3 atom stereocenters. The van der Waals surface area contributed by atoms with E-state index in [0.717, 1.165) is 51.2 Å². The quantitative estimate of drug-likeness (QED) is 0.879. The van der Waals surface area contributed by atoms with Gasteiger partial charge in [-0.1, -0.05) is 6.92 Å². The van der Waals surface area contributed by atoms with Crippen LogP contribution in [0.1, 0.15) is 57.2 Å². The summed E-state index contributed by atoms with van der Waals surface area (Å²) in [5.74, 6) is 0.612. The minimum Gasteiger partial charge on any atom is -0.373 e. The van der Waals surface area contributed by atoms with E-state index in [1.54, 1.807) is 0 Å². The summed E-state index contributed by atoms with van der Waals surface area (Å²) < 4.78 is 5.92. The molecule has 1 amide bonds. The first kappa shape index (κ1) is 19.4. The van der Waals surface area contributed by atoms with Gasteiger partial charge in [-0.25, -0.2) is 4.98 Å². The summed E-state index contributed by atoms with van der Waals surface area (Å²) in [5.41, 5.74) is 3.58. The number of fused-ring (bicyclic) bond motifs is 1. The standard InChI is InChI=1S/C22H32N4O2/c1-4-20(27)26-10-6-7-17(13-26)21-19(18-8-5-9-23-22(18)24-21)14-25-11-15(2)28-16(3)12-25/h5,8-9,15-17H,4,6-7,10-14H2,1-3H3,(H,23,24)/t15-,16-,17+/m1/s1. The molecular weight excluding hydrogens is 352 g/mol. The number of hydrogen-bond donors (Lipinski definition) is 1. The molecule has 152 valence electrons. The molecule has 4 rings (SSSR count). The third-order valence-electron chi connectivity index (χ3n) is 6.07. The number of carbonyl (C=O) groups excluding carboxylic acids is 1. The molecular formula is C22H32N4O2. The maximum absolute atomic E-state index is 12.3. The number of nitrogens with one attached hydrogen (secondary N) is 1. The maximum atomic E-state index is 12.3. The molecule has 1 N–H and O–H groups in total. The SMILES string of the molecule is CCC(=O)N1CCC[C@H](c2[nH]c3ncccc3c2CN2C[C@@H](C)O[C@H](C)C2)C1. The summed E-state index contributed by atoms with van der Waals surface area (Å²) >= 11 is 0. The highest BCUT2D eigenvalue weighted by atomic mass is 16.5. The summed E-state index contributed by atoms with van der Waals surface area (Å²) in [5, 5.41) is 1.21. The smallest absolute Gasteiger partial charge is 0.222 e. The number of piperidine rings is 1.